The Kier molecular flexibility index (Phi) is 3.50. The van der Waals surface area contributed by atoms with Crippen molar-refractivity contribution in [3.05, 3.63) is 57.8 Å². The van der Waals surface area contributed by atoms with Gasteiger partial charge < -0.3 is 0 Å². The highest BCUT2D eigenvalue weighted by molar-refractivity contribution is 9.11. The van der Waals surface area contributed by atoms with Crippen LogP contribution < -0.4 is 0 Å². The van der Waals surface area contributed by atoms with Gasteiger partial charge in [-0.1, -0.05) is 0 Å². The van der Waals surface area contributed by atoms with Gasteiger partial charge in [0.2, 0.25) is 0 Å². The summed E-state index contributed by atoms with van der Waals surface area (Å²) in [6, 6.07) is 9.76. The summed E-state index contributed by atoms with van der Waals surface area (Å²) in [5.41, 5.74) is 1.83. The highest BCUT2D eigenvalue weighted by atomic mass is 79.9. The molecule has 0 radical (unpaired) electrons. The zero-order chi connectivity index (χ0) is 14.1. The van der Waals surface area contributed by atoms with E-state index in [1.165, 1.54) is 23.5 Å². The molecule has 0 amide bonds. The number of aldehydes is 1. The molecule has 0 N–H and O–H groups in total. The van der Waals surface area contributed by atoms with Gasteiger partial charge in [-0.25, -0.2) is 9.07 Å². The van der Waals surface area contributed by atoms with Crippen molar-refractivity contribution in [2.45, 2.75) is 0 Å². The van der Waals surface area contributed by atoms with Gasteiger partial charge in [-0.2, -0.15) is 5.10 Å². The van der Waals surface area contributed by atoms with Crippen LogP contribution in [0.15, 0.2) is 46.4 Å². The summed E-state index contributed by atoms with van der Waals surface area (Å²) in [7, 11) is 0. The van der Waals surface area contributed by atoms with E-state index < -0.39 is 0 Å². The van der Waals surface area contributed by atoms with Gasteiger partial charge >= 0.3 is 0 Å². The fraction of sp³-hybridized carbons (Fsp3) is 0. The second kappa shape index (κ2) is 5.30. The van der Waals surface area contributed by atoms with Gasteiger partial charge in [0.15, 0.2) is 6.29 Å². The molecule has 0 spiro atoms. The predicted octanol–water partition coefficient (Wildman–Crippen LogP) is 4.31. The van der Waals surface area contributed by atoms with Crippen LogP contribution in [0.5, 0.6) is 0 Å². The number of nitrogens with zero attached hydrogens (tertiary/aromatic N) is 2. The second-order valence-corrected chi connectivity index (χ2v) is 6.54. The van der Waals surface area contributed by atoms with Crippen LogP contribution in [0.4, 0.5) is 4.39 Å². The summed E-state index contributed by atoms with van der Waals surface area (Å²) in [5.74, 6) is -0.307. The molecule has 2 aromatic heterocycles. The van der Waals surface area contributed by atoms with Crippen molar-refractivity contribution in [1.29, 1.82) is 0 Å². The molecule has 0 saturated heterocycles. The Bertz CT molecular complexity index is 764. The van der Waals surface area contributed by atoms with Crippen LogP contribution >= 0.6 is 27.3 Å². The third-order valence-electron chi connectivity index (χ3n) is 2.77. The number of carbonyl (C=O) groups excluding carboxylic acids is 1. The summed E-state index contributed by atoms with van der Waals surface area (Å²) in [4.78, 5) is 12.1. The molecule has 0 unspecified atom stereocenters. The average molecular weight is 351 g/mol. The highest BCUT2D eigenvalue weighted by Gasteiger charge is 2.13. The number of hydrogen-bond acceptors (Lipinski definition) is 3. The minimum atomic E-state index is -0.307. The first-order valence-electron chi connectivity index (χ1n) is 5.74. The predicted molar refractivity (Wildman–Crippen MR) is 79.9 cm³/mol. The topological polar surface area (TPSA) is 34.9 Å². The summed E-state index contributed by atoms with van der Waals surface area (Å²) >= 11 is 4.89. The maximum Gasteiger partial charge on any atom is 0.153 e. The molecule has 1 aromatic carbocycles. The van der Waals surface area contributed by atoms with E-state index in [2.05, 4.69) is 21.0 Å². The van der Waals surface area contributed by atoms with Crippen LogP contribution in [-0.2, 0) is 0 Å². The normalized spacial score (nSPS) is 10.7. The smallest absolute Gasteiger partial charge is 0.153 e. The zero-order valence-electron chi connectivity index (χ0n) is 10.1. The van der Waals surface area contributed by atoms with Crippen molar-refractivity contribution in [2.75, 3.05) is 0 Å². The van der Waals surface area contributed by atoms with Gasteiger partial charge in [0.05, 0.1) is 19.9 Å². The lowest BCUT2D eigenvalue weighted by Crippen LogP contribution is -1.94. The Labute approximate surface area is 126 Å². The van der Waals surface area contributed by atoms with Gasteiger partial charge in [-0.05, 0) is 52.3 Å². The Morgan fingerprint density at radius 1 is 1.20 bits per heavy atom. The van der Waals surface area contributed by atoms with Crippen molar-refractivity contribution in [3.63, 3.8) is 0 Å². The number of benzene rings is 1. The molecule has 3 rings (SSSR count). The first-order valence-corrected chi connectivity index (χ1v) is 7.35. The van der Waals surface area contributed by atoms with Gasteiger partial charge in [0.1, 0.15) is 11.5 Å². The highest BCUT2D eigenvalue weighted by Crippen LogP contribution is 2.32. The lowest BCUT2D eigenvalue weighted by Gasteiger charge is -1.99. The maximum absolute atomic E-state index is 12.9. The Hall–Kier alpha value is -1.79. The van der Waals surface area contributed by atoms with Crippen LogP contribution in [0.1, 0.15) is 10.4 Å². The summed E-state index contributed by atoms with van der Waals surface area (Å²) in [5, 5.41) is 4.42. The molecule has 20 heavy (non-hydrogen) atoms. The average Bonchev–Trinajstić information content (AvgIpc) is 3.05. The standard InChI is InChI=1S/C14H8BrFN2OS/c15-13-6-5-12(20-13)14-9(8-19)7-18(17-14)11-3-1-10(16)2-4-11/h1-8H. The van der Waals surface area contributed by atoms with E-state index in [0.717, 1.165) is 14.9 Å². The van der Waals surface area contributed by atoms with E-state index in [1.807, 2.05) is 12.1 Å². The fourth-order valence-electron chi connectivity index (χ4n) is 1.83. The first kappa shape index (κ1) is 13.2. The van der Waals surface area contributed by atoms with Gasteiger partial charge in [0, 0.05) is 6.20 Å². The van der Waals surface area contributed by atoms with Gasteiger partial charge in [-0.15, -0.1) is 11.3 Å². The van der Waals surface area contributed by atoms with Gasteiger partial charge in [-0.3, -0.25) is 4.79 Å². The fourth-order valence-corrected chi connectivity index (χ4v) is 3.23. The van der Waals surface area contributed by atoms with E-state index >= 15 is 0 Å². The Morgan fingerprint density at radius 2 is 1.95 bits per heavy atom. The van der Waals surface area contributed by atoms with Crippen molar-refractivity contribution in [2.24, 2.45) is 0 Å². The van der Waals surface area contributed by atoms with Crippen LogP contribution in [0.2, 0.25) is 0 Å². The van der Waals surface area contributed by atoms with E-state index in [0.29, 0.717) is 16.9 Å². The second-order valence-electron chi connectivity index (χ2n) is 4.08. The van der Waals surface area contributed by atoms with E-state index in [4.69, 9.17) is 0 Å². The minimum absolute atomic E-state index is 0.307. The quantitative estimate of drug-likeness (QED) is 0.659. The van der Waals surface area contributed by atoms with Crippen molar-refractivity contribution >= 4 is 33.6 Å². The monoisotopic (exact) mass is 350 g/mol. The molecule has 0 aliphatic carbocycles. The van der Waals surface area contributed by atoms with Crippen LogP contribution in [0.25, 0.3) is 16.3 Å². The molecule has 0 fully saturated rings. The molecule has 100 valence electrons. The van der Waals surface area contributed by atoms with Gasteiger partial charge in [0.25, 0.3) is 0 Å². The van der Waals surface area contributed by atoms with Crippen molar-refractivity contribution in [3.8, 4) is 16.3 Å². The minimum Gasteiger partial charge on any atom is -0.298 e. The molecule has 3 aromatic rings. The van der Waals surface area contributed by atoms with Crippen LogP contribution in [0, 0.1) is 5.82 Å². The summed E-state index contributed by atoms with van der Waals surface area (Å²) in [6.07, 6.45) is 2.42. The molecule has 0 bridgehead atoms. The number of carbonyl (C=O) groups is 1. The van der Waals surface area contributed by atoms with E-state index in [1.54, 1.807) is 23.0 Å². The number of aromatic nitrogens is 2. The van der Waals surface area contributed by atoms with Crippen molar-refractivity contribution < 1.29 is 9.18 Å². The molecule has 6 heteroatoms. The Morgan fingerprint density at radius 3 is 2.55 bits per heavy atom. The summed E-state index contributed by atoms with van der Waals surface area (Å²) in [6.45, 7) is 0. The largest absolute Gasteiger partial charge is 0.298 e. The lowest BCUT2D eigenvalue weighted by atomic mass is 10.2. The zero-order valence-corrected chi connectivity index (χ0v) is 12.5. The number of halogens is 2. The number of rotatable bonds is 3. The third-order valence-corrected chi connectivity index (χ3v) is 4.40. The maximum atomic E-state index is 12.9. The number of hydrogen-bond donors (Lipinski definition) is 0. The molecular weight excluding hydrogens is 343 g/mol. The van der Waals surface area contributed by atoms with E-state index in [-0.39, 0.29) is 5.82 Å². The molecule has 0 saturated carbocycles. The molecule has 0 aliphatic rings. The first-order chi connectivity index (χ1) is 9.67. The Balaban J connectivity index is 2.09. The third kappa shape index (κ3) is 2.44. The molecule has 3 nitrogen and oxygen atoms in total. The SMILES string of the molecule is O=Cc1cn(-c2ccc(F)cc2)nc1-c1ccc(Br)s1. The van der Waals surface area contributed by atoms with Crippen LogP contribution in [0.3, 0.4) is 0 Å². The molecular formula is C14H8BrFN2OS. The molecule has 0 aliphatic heterocycles. The van der Waals surface area contributed by atoms with Crippen LogP contribution in [-0.4, -0.2) is 16.1 Å². The summed E-state index contributed by atoms with van der Waals surface area (Å²) < 4.78 is 15.5. The van der Waals surface area contributed by atoms with Crippen molar-refractivity contribution in [1.82, 2.24) is 9.78 Å². The lowest BCUT2D eigenvalue weighted by molar-refractivity contribution is 0.112. The molecule has 0 atom stereocenters. The molecule has 2 heterocycles. The van der Waals surface area contributed by atoms with E-state index in [9.17, 15) is 9.18 Å². The number of thiophene rings is 1.